The van der Waals surface area contributed by atoms with Gasteiger partial charge in [-0.1, -0.05) is 13.8 Å². The molecule has 0 saturated heterocycles. The van der Waals surface area contributed by atoms with Gasteiger partial charge in [0.25, 0.3) is 5.91 Å². The monoisotopic (exact) mass is 394 g/mol. The van der Waals surface area contributed by atoms with E-state index in [1.807, 2.05) is 6.07 Å². The standard InChI is InChI=1S/C21H26N6O2/c1-14(2)8-12-27-21(29)26-11-9-16(4-6-19(26)25-27)23-20(28)18-5-3-15-13-22-10-7-17(15)24-18/h3,5,7,10,13-14,16H,4,6,8-9,11-12H2,1-2H3,(H,23,28). The van der Waals surface area contributed by atoms with Crippen LogP contribution in [0.25, 0.3) is 10.9 Å². The summed E-state index contributed by atoms with van der Waals surface area (Å²) in [6, 6.07) is 5.35. The highest BCUT2D eigenvalue weighted by molar-refractivity contribution is 5.94. The Hall–Kier alpha value is -3.03. The minimum Gasteiger partial charge on any atom is -0.348 e. The molecule has 1 unspecified atom stereocenters. The van der Waals surface area contributed by atoms with Gasteiger partial charge in [-0.15, -0.1) is 0 Å². The average molecular weight is 394 g/mol. The second kappa shape index (κ2) is 8.14. The van der Waals surface area contributed by atoms with Crippen molar-refractivity contribution in [2.45, 2.75) is 58.7 Å². The third-order valence-electron chi connectivity index (χ3n) is 5.39. The maximum Gasteiger partial charge on any atom is 0.345 e. The molecule has 0 spiro atoms. The van der Waals surface area contributed by atoms with Gasteiger partial charge in [0.05, 0.1) is 5.52 Å². The molecule has 0 fully saturated rings. The summed E-state index contributed by atoms with van der Waals surface area (Å²) in [4.78, 5) is 33.8. The maximum atomic E-state index is 12.7. The molecule has 8 nitrogen and oxygen atoms in total. The fraction of sp³-hybridized carbons (Fsp3) is 0.476. The second-order valence-corrected chi connectivity index (χ2v) is 8.02. The van der Waals surface area contributed by atoms with Crippen molar-refractivity contribution in [1.29, 1.82) is 0 Å². The van der Waals surface area contributed by atoms with Crippen LogP contribution >= 0.6 is 0 Å². The van der Waals surface area contributed by atoms with Crippen molar-refractivity contribution in [2.75, 3.05) is 0 Å². The molecule has 0 aliphatic carbocycles. The Labute approximate surface area is 169 Å². The highest BCUT2D eigenvalue weighted by Gasteiger charge is 2.23. The predicted octanol–water partition coefficient (Wildman–Crippen LogP) is 2.17. The van der Waals surface area contributed by atoms with Crippen LogP contribution in [0.3, 0.4) is 0 Å². The van der Waals surface area contributed by atoms with Crippen molar-refractivity contribution in [3.8, 4) is 0 Å². The molecule has 4 heterocycles. The van der Waals surface area contributed by atoms with Crippen LogP contribution in [0.4, 0.5) is 0 Å². The summed E-state index contributed by atoms with van der Waals surface area (Å²) in [5.74, 6) is 1.15. The fourth-order valence-corrected chi connectivity index (χ4v) is 3.65. The lowest BCUT2D eigenvalue weighted by atomic mass is 10.1. The first-order chi connectivity index (χ1) is 14.0. The van der Waals surface area contributed by atoms with Gasteiger partial charge in [-0.05, 0) is 43.4 Å². The zero-order chi connectivity index (χ0) is 20.4. The first-order valence-corrected chi connectivity index (χ1v) is 10.2. The molecule has 4 rings (SSSR count). The third-order valence-corrected chi connectivity index (χ3v) is 5.39. The van der Waals surface area contributed by atoms with E-state index in [4.69, 9.17) is 0 Å². The zero-order valence-corrected chi connectivity index (χ0v) is 16.8. The first-order valence-electron chi connectivity index (χ1n) is 10.2. The smallest absolute Gasteiger partial charge is 0.345 e. The average Bonchev–Trinajstić information content (AvgIpc) is 2.88. The van der Waals surface area contributed by atoms with E-state index in [9.17, 15) is 9.59 Å². The lowest BCUT2D eigenvalue weighted by Gasteiger charge is -2.16. The van der Waals surface area contributed by atoms with Crippen molar-refractivity contribution in [2.24, 2.45) is 5.92 Å². The molecule has 152 valence electrons. The number of aromatic nitrogens is 5. The number of hydrogen-bond donors (Lipinski definition) is 1. The van der Waals surface area contributed by atoms with E-state index in [-0.39, 0.29) is 17.6 Å². The number of pyridine rings is 2. The molecule has 0 saturated carbocycles. The Morgan fingerprint density at radius 3 is 2.97 bits per heavy atom. The first kappa shape index (κ1) is 19.3. The molecule has 3 aromatic heterocycles. The van der Waals surface area contributed by atoms with Crippen molar-refractivity contribution >= 4 is 16.8 Å². The molecule has 1 atom stereocenters. The molecule has 8 heteroatoms. The molecule has 29 heavy (non-hydrogen) atoms. The van der Waals surface area contributed by atoms with Gasteiger partial charge in [0.15, 0.2) is 0 Å². The van der Waals surface area contributed by atoms with E-state index in [1.54, 1.807) is 33.8 Å². The molecule has 1 aliphatic heterocycles. The van der Waals surface area contributed by atoms with E-state index in [2.05, 4.69) is 34.2 Å². The van der Waals surface area contributed by atoms with Gasteiger partial charge in [0.1, 0.15) is 11.5 Å². The van der Waals surface area contributed by atoms with Crippen LogP contribution in [0.2, 0.25) is 0 Å². The number of carbonyl (C=O) groups is 1. The number of fused-ring (bicyclic) bond motifs is 2. The maximum absolute atomic E-state index is 12.7. The molecule has 1 N–H and O–H groups in total. The number of aryl methyl sites for hydroxylation is 2. The third kappa shape index (κ3) is 4.21. The Kier molecular flexibility index (Phi) is 5.42. The van der Waals surface area contributed by atoms with E-state index in [0.29, 0.717) is 37.5 Å². The van der Waals surface area contributed by atoms with E-state index >= 15 is 0 Å². The summed E-state index contributed by atoms with van der Waals surface area (Å²) in [5, 5.41) is 8.50. The molecule has 1 amide bonds. The summed E-state index contributed by atoms with van der Waals surface area (Å²) < 4.78 is 3.34. The van der Waals surface area contributed by atoms with Crippen molar-refractivity contribution in [1.82, 2.24) is 29.6 Å². The van der Waals surface area contributed by atoms with Crippen LogP contribution in [-0.4, -0.2) is 36.3 Å². The van der Waals surface area contributed by atoms with Gasteiger partial charge in [-0.25, -0.2) is 14.5 Å². The fourth-order valence-electron chi connectivity index (χ4n) is 3.65. The van der Waals surface area contributed by atoms with Crippen molar-refractivity contribution in [3.63, 3.8) is 0 Å². The van der Waals surface area contributed by atoms with Gasteiger partial charge in [-0.3, -0.25) is 14.3 Å². The quantitative estimate of drug-likeness (QED) is 0.716. The van der Waals surface area contributed by atoms with E-state index in [1.165, 1.54) is 0 Å². The largest absolute Gasteiger partial charge is 0.348 e. The number of nitrogens with zero attached hydrogens (tertiary/aromatic N) is 5. The van der Waals surface area contributed by atoms with Gasteiger partial charge >= 0.3 is 5.69 Å². The Bertz CT molecular complexity index is 1080. The predicted molar refractivity (Wildman–Crippen MR) is 110 cm³/mol. The van der Waals surface area contributed by atoms with Crippen LogP contribution in [0, 0.1) is 5.92 Å². The number of hydrogen-bond acceptors (Lipinski definition) is 5. The Morgan fingerprint density at radius 1 is 1.28 bits per heavy atom. The molecule has 0 aromatic carbocycles. The summed E-state index contributed by atoms with van der Waals surface area (Å²) in [5.41, 5.74) is 1.09. The minimum atomic E-state index is -0.192. The van der Waals surface area contributed by atoms with Gasteiger partial charge in [-0.2, -0.15) is 5.10 Å². The molecular weight excluding hydrogens is 368 g/mol. The molecule has 3 aromatic rings. The SMILES string of the molecule is CC(C)CCn1nc2n(c1=O)CCC(NC(=O)c1ccc3cnccc3n1)CC2. The Balaban J connectivity index is 1.42. The van der Waals surface area contributed by atoms with Crippen LogP contribution in [0.5, 0.6) is 0 Å². The highest BCUT2D eigenvalue weighted by Crippen LogP contribution is 2.14. The summed E-state index contributed by atoms with van der Waals surface area (Å²) >= 11 is 0. The van der Waals surface area contributed by atoms with Gasteiger partial charge in [0.2, 0.25) is 0 Å². The van der Waals surface area contributed by atoms with Crippen LogP contribution in [-0.2, 0) is 19.5 Å². The van der Waals surface area contributed by atoms with E-state index in [0.717, 1.165) is 29.6 Å². The van der Waals surface area contributed by atoms with Crippen LogP contribution in [0.1, 0.15) is 49.4 Å². The molecule has 0 bridgehead atoms. The summed E-state index contributed by atoms with van der Waals surface area (Å²) in [6.07, 6.45) is 6.45. The summed E-state index contributed by atoms with van der Waals surface area (Å²) in [6.45, 7) is 5.50. The topological polar surface area (TPSA) is 94.7 Å². The normalized spacial score (nSPS) is 16.6. The second-order valence-electron chi connectivity index (χ2n) is 8.02. The van der Waals surface area contributed by atoms with Gasteiger partial charge in [0, 0.05) is 43.3 Å². The molecular formula is C21H26N6O2. The molecule has 1 aliphatic rings. The minimum absolute atomic E-state index is 0.0114. The Morgan fingerprint density at radius 2 is 2.14 bits per heavy atom. The summed E-state index contributed by atoms with van der Waals surface area (Å²) in [7, 11) is 0. The number of rotatable bonds is 5. The van der Waals surface area contributed by atoms with Crippen LogP contribution < -0.4 is 11.0 Å². The van der Waals surface area contributed by atoms with Gasteiger partial charge < -0.3 is 5.32 Å². The highest BCUT2D eigenvalue weighted by atomic mass is 16.2. The zero-order valence-electron chi connectivity index (χ0n) is 16.8. The lowest BCUT2D eigenvalue weighted by molar-refractivity contribution is 0.0928. The number of amides is 1. The molecule has 0 radical (unpaired) electrons. The van der Waals surface area contributed by atoms with Crippen LogP contribution in [0.15, 0.2) is 35.4 Å². The number of carbonyl (C=O) groups excluding carboxylic acids is 1. The van der Waals surface area contributed by atoms with Crippen molar-refractivity contribution < 1.29 is 4.79 Å². The number of nitrogens with one attached hydrogen (secondary N) is 1. The van der Waals surface area contributed by atoms with Crippen molar-refractivity contribution in [3.05, 3.63) is 52.6 Å². The lowest BCUT2D eigenvalue weighted by Crippen LogP contribution is -2.36. The van der Waals surface area contributed by atoms with E-state index < -0.39 is 0 Å².